The maximum absolute atomic E-state index is 5.40. The van der Waals surface area contributed by atoms with E-state index in [1.807, 2.05) is 17.8 Å². The molecule has 3 heteroatoms. The van der Waals surface area contributed by atoms with Crippen molar-refractivity contribution in [1.82, 2.24) is 9.78 Å². The molecule has 0 saturated heterocycles. The highest BCUT2D eigenvalue weighted by Gasteiger charge is 1.98. The van der Waals surface area contributed by atoms with E-state index < -0.39 is 0 Å². The smallest absolute Gasteiger partial charge is 0.0632 e. The Balaban J connectivity index is 2.77. The fourth-order valence-electron chi connectivity index (χ4n) is 1.17. The van der Waals surface area contributed by atoms with Crippen molar-refractivity contribution in [3.8, 4) is 0 Å². The van der Waals surface area contributed by atoms with E-state index in [4.69, 9.17) is 5.73 Å². The molecule has 0 unspecified atom stereocenters. The van der Waals surface area contributed by atoms with Crippen LogP contribution in [0.5, 0.6) is 0 Å². The van der Waals surface area contributed by atoms with E-state index in [0.29, 0.717) is 6.54 Å². The Labute approximate surface area is 72.9 Å². The lowest BCUT2D eigenvalue weighted by Crippen LogP contribution is -1.98. The molecule has 0 bridgehead atoms. The number of hydrogen-bond acceptors (Lipinski definition) is 2. The normalized spacial score (nSPS) is 12.1. The van der Waals surface area contributed by atoms with Crippen LogP contribution < -0.4 is 5.73 Å². The summed E-state index contributed by atoms with van der Waals surface area (Å²) in [5.74, 6) is 0. The molecule has 0 aromatic carbocycles. The van der Waals surface area contributed by atoms with Gasteiger partial charge >= 0.3 is 0 Å². The van der Waals surface area contributed by atoms with Crippen LogP contribution in [-0.2, 0) is 7.05 Å². The molecule has 12 heavy (non-hydrogen) atoms. The second-order valence-electron chi connectivity index (χ2n) is 2.80. The average molecular weight is 165 g/mol. The standard InChI is InChI=1S/C9H15N3/c1-8(4-3-6-10)9-5-7-11-12(9)2/h4-5,7H,3,6,10H2,1-2H3/b8-4+. The SMILES string of the molecule is C/C(=C\CCN)c1ccnn1C. The third kappa shape index (κ3) is 1.95. The summed E-state index contributed by atoms with van der Waals surface area (Å²) in [6.07, 6.45) is 4.86. The molecule has 0 amide bonds. The molecule has 0 aliphatic carbocycles. The van der Waals surface area contributed by atoms with E-state index in [2.05, 4.69) is 18.1 Å². The number of nitrogens with zero attached hydrogens (tertiary/aromatic N) is 2. The highest BCUT2D eigenvalue weighted by molar-refractivity contribution is 5.60. The van der Waals surface area contributed by atoms with Crippen LogP contribution in [-0.4, -0.2) is 16.3 Å². The number of rotatable bonds is 3. The van der Waals surface area contributed by atoms with Crippen molar-refractivity contribution in [2.75, 3.05) is 6.54 Å². The Morgan fingerprint density at radius 1 is 1.75 bits per heavy atom. The van der Waals surface area contributed by atoms with Crippen molar-refractivity contribution < 1.29 is 0 Å². The van der Waals surface area contributed by atoms with Gasteiger partial charge in [0.05, 0.1) is 5.69 Å². The molecule has 0 saturated carbocycles. The Morgan fingerprint density at radius 3 is 3.00 bits per heavy atom. The average Bonchev–Trinajstić information content (AvgIpc) is 2.47. The predicted octanol–water partition coefficient (Wildman–Crippen LogP) is 1.17. The van der Waals surface area contributed by atoms with Crippen LogP contribution in [0.2, 0.25) is 0 Å². The van der Waals surface area contributed by atoms with E-state index in [1.54, 1.807) is 6.20 Å². The number of aromatic nitrogens is 2. The molecule has 1 heterocycles. The summed E-state index contributed by atoms with van der Waals surface area (Å²) >= 11 is 0. The van der Waals surface area contributed by atoms with Crippen LogP contribution in [0.15, 0.2) is 18.3 Å². The molecular weight excluding hydrogens is 150 g/mol. The van der Waals surface area contributed by atoms with Crippen molar-refractivity contribution in [3.05, 3.63) is 24.0 Å². The molecule has 1 aromatic rings. The quantitative estimate of drug-likeness (QED) is 0.730. The number of aryl methyl sites for hydroxylation is 1. The molecule has 66 valence electrons. The van der Waals surface area contributed by atoms with Gasteiger partial charge in [0.1, 0.15) is 0 Å². The first-order valence-electron chi connectivity index (χ1n) is 4.11. The Hall–Kier alpha value is -1.09. The van der Waals surface area contributed by atoms with E-state index >= 15 is 0 Å². The molecule has 1 aromatic heterocycles. The largest absolute Gasteiger partial charge is 0.330 e. The number of nitrogens with two attached hydrogens (primary N) is 1. The fourth-order valence-corrected chi connectivity index (χ4v) is 1.17. The highest BCUT2D eigenvalue weighted by Crippen LogP contribution is 2.11. The molecule has 0 radical (unpaired) electrons. The Kier molecular flexibility index (Phi) is 3.05. The topological polar surface area (TPSA) is 43.8 Å². The van der Waals surface area contributed by atoms with Gasteiger partial charge in [-0.2, -0.15) is 5.10 Å². The van der Waals surface area contributed by atoms with Crippen LogP contribution >= 0.6 is 0 Å². The van der Waals surface area contributed by atoms with Gasteiger partial charge in [-0.3, -0.25) is 4.68 Å². The summed E-state index contributed by atoms with van der Waals surface area (Å²) in [7, 11) is 1.94. The van der Waals surface area contributed by atoms with Crippen LogP contribution in [0, 0.1) is 0 Å². The minimum absolute atomic E-state index is 0.704. The van der Waals surface area contributed by atoms with Crippen molar-refractivity contribution >= 4 is 5.57 Å². The molecule has 0 aliphatic heterocycles. The first-order valence-corrected chi connectivity index (χ1v) is 4.11. The fraction of sp³-hybridized carbons (Fsp3) is 0.444. The van der Waals surface area contributed by atoms with Crippen LogP contribution in [0.4, 0.5) is 0 Å². The van der Waals surface area contributed by atoms with Crippen molar-refractivity contribution in [2.24, 2.45) is 12.8 Å². The van der Waals surface area contributed by atoms with Gasteiger partial charge in [0.25, 0.3) is 0 Å². The molecule has 0 aliphatic rings. The zero-order chi connectivity index (χ0) is 8.97. The first-order chi connectivity index (χ1) is 5.75. The van der Waals surface area contributed by atoms with Gasteiger partial charge in [0.2, 0.25) is 0 Å². The summed E-state index contributed by atoms with van der Waals surface area (Å²) < 4.78 is 1.86. The highest BCUT2D eigenvalue weighted by atomic mass is 15.3. The number of allylic oxidation sites excluding steroid dienone is 1. The lowest BCUT2D eigenvalue weighted by atomic mass is 10.2. The molecule has 1 rings (SSSR count). The third-order valence-electron chi connectivity index (χ3n) is 1.84. The van der Waals surface area contributed by atoms with Gasteiger partial charge < -0.3 is 5.73 Å². The van der Waals surface area contributed by atoms with Crippen molar-refractivity contribution in [1.29, 1.82) is 0 Å². The van der Waals surface area contributed by atoms with E-state index in [1.165, 1.54) is 5.57 Å². The summed E-state index contributed by atoms with van der Waals surface area (Å²) in [5.41, 5.74) is 7.79. The Bertz CT molecular complexity index is 273. The van der Waals surface area contributed by atoms with Crippen LogP contribution in [0.1, 0.15) is 19.0 Å². The summed E-state index contributed by atoms with van der Waals surface area (Å²) in [4.78, 5) is 0. The minimum atomic E-state index is 0.704. The lowest BCUT2D eigenvalue weighted by molar-refractivity contribution is 0.755. The van der Waals surface area contributed by atoms with E-state index in [0.717, 1.165) is 12.1 Å². The van der Waals surface area contributed by atoms with Gasteiger partial charge in [-0.05, 0) is 31.5 Å². The van der Waals surface area contributed by atoms with E-state index in [-0.39, 0.29) is 0 Å². The molecular formula is C9H15N3. The molecule has 0 spiro atoms. The minimum Gasteiger partial charge on any atom is -0.330 e. The maximum atomic E-state index is 5.40. The second-order valence-corrected chi connectivity index (χ2v) is 2.80. The molecule has 3 nitrogen and oxygen atoms in total. The van der Waals surface area contributed by atoms with Crippen molar-refractivity contribution in [3.63, 3.8) is 0 Å². The van der Waals surface area contributed by atoms with Crippen LogP contribution in [0.3, 0.4) is 0 Å². The van der Waals surface area contributed by atoms with Crippen LogP contribution in [0.25, 0.3) is 5.57 Å². The summed E-state index contributed by atoms with van der Waals surface area (Å²) in [6.45, 7) is 2.78. The van der Waals surface area contributed by atoms with Gasteiger partial charge in [-0.25, -0.2) is 0 Å². The zero-order valence-electron chi connectivity index (χ0n) is 7.62. The molecule has 0 atom stereocenters. The number of hydrogen-bond donors (Lipinski definition) is 1. The first kappa shape index (κ1) is 9.00. The van der Waals surface area contributed by atoms with Gasteiger partial charge in [0.15, 0.2) is 0 Å². The molecule has 2 N–H and O–H groups in total. The van der Waals surface area contributed by atoms with Gasteiger partial charge in [-0.15, -0.1) is 0 Å². The second kappa shape index (κ2) is 4.07. The van der Waals surface area contributed by atoms with E-state index in [9.17, 15) is 0 Å². The summed E-state index contributed by atoms with van der Waals surface area (Å²) in [5, 5.41) is 4.09. The third-order valence-corrected chi connectivity index (χ3v) is 1.84. The predicted molar refractivity (Wildman–Crippen MR) is 50.5 cm³/mol. The maximum Gasteiger partial charge on any atom is 0.0632 e. The zero-order valence-corrected chi connectivity index (χ0v) is 7.62. The summed E-state index contributed by atoms with van der Waals surface area (Å²) in [6, 6.07) is 2.00. The van der Waals surface area contributed by atoms with Crippen molar-refractivity contribution in [2.45, 2.75) is 13.3 Å². The van der Waals surface area contributed by atoms with Gasteiger partial charge in [0, 0.05) is 13.2 Å². The lowest BCUT2D eigenvalue weighted by Gasteiger charge is -2.00. The monoisotopic (exact) mass is 165 g/mol. The molecule has 0 fully saturated rings. The Morgan fingerprint density at radius 2 is 2.50 bits per heavy atom. The van der Waals surface area contributed by atoms with Gasteiger partial charge in [-0.1, -0.05) is 6.08 Å².